The van der Waals surface area contributed by atoms with Crippen LogP contribution in [0.1, 0.15) is 18.5 Å². The Labute approximate surface area is 108 Å². The molecule has 0 aliphatic carbocycles. The molecule has 5 heteroatoms. The van der Waals surface area contributed by atoms with Gasteiger partial charge >= 0.3 is 0 Å². The number of ether oxygens (including phenoxy) is 3. The van der Waals surface area contributed by atoms with Gasteiger partial charge in [0, 0.05) is 18.2 Å². The van der Waals surface area contributed by atoms with Crippen molar-refractivity contribution in [1.29, 1.82) is 0 Å². The third kappa shape index (κ3) is 2.86. The molecule has 0 spiro atoms. The van der Waals surface area contributed by atoms with E-state index in [0.717, 1.165) is 12.1 Å². The molecule has 3 N–H and O–H groups in total. The fraction of sp³-hybridized carbons (Fsp3) is 0.538. The summed E-state index contributed by atoms with van der Waals surface area (Å²) < 4.78 is 16.0. The Morgan fingerprint density at radius 2 is 1.78 bits per heavy atom. The fourth-order valence-corrected chi connectivity index (χ4v) is 1.97. The number of hydrogen-bond acceptors (Lipinski definition) is 5. The number of rotatable bonds is 7. The first-order valence-electron chi connectivity index (χ1n) is 5.95. The number of benzene rings is 1. The van der Waals surface area contributed by atoms with Gasteiger partial charge in [0.2, 0.25) is 5.75 Å². The van der Waals surface area contributed by atoms with E-state index in [1.807, 2.05) is 19.1 Å². The van der Waals surface area contributed by atoms with Crippen LogP contribution in [0.3, 0.4) is 0 Å². The summed E-state index contributed by atoms with van der Waals surface area (Å²) in [6.45, 7) is 3.36. The van der Waals surface area contributed by atoms with Crippen LogP contribution >= 0.6 is 0 Å². The largest absolute Gasteiger partial charge is 0.493 e. The highest BCUT2D eigenvalue weighted by atomic mass is 16.5. The standard InChI is InChI=1S/C13H22N2O3/c1-5-15-10(8-14)9-6-7-11(16-2)13(18-4)12(9)17-3/h6-7,10,15H,5,8,14H2,1-4H3. The Hall–Kier alpha value is -1.46. The molecule has 102 valence electrons. The minimum Gasteiger partial charge on any atom is -0.493 e. The predicted octanol–water partition coefficient (Wildman–Crippen LogP) is 1.32. The Bertz CT molecular complexity index is 383. The van der Waals surface area contributed by atoms with E-state index in [4.69, 9.17) is 19.9 Å². The van der Waals surface area contributed by atoms with E-state index in [2.05, 4.69) is 5.32 Å². The van der Waals surface area contributed by atoms with Crippen molar-refractivity contribution < 1.29 is 14.2 Å². The van der Waals surface area contributed by atoms with Gasteiger partial charge in [0.1, 0.15) is 0 Å². The second-order valence-electron chi connectivity index (χ2n) is 3.77. The molecular formula is C13H22N2O3. The first-order valence-corrected chi connectivity index (χ1v) is 5.95. The molecule has 1 atom stereocenters. The van der Waals surface area contributed by atoms with Crippen LogP contribution in [0.4, 0.5) is 0 Å². The van der Waals surface area contributed by atoms with Crippen molar-refractivity contribution in [3.05, 3.63) is 17.7 Å². The summed E-state index contributed by atoms with van der Waals surface area (Å²) in [6.07, 6.45) is 0. The predicted molar refractivity (Wildman–Crippen MR) is 71.6 cm³/mol. The molecule has 1 aromatic rings. The average molecular weight is 254 g/mol. The number of likely N-dealkylation sites (N-methyl/N-ethyl adjacent to an activating group) is 1. The lowest BCUT2D eigenvalue weighted by Gasteiger charge is -2.21. The maximum atomic E-state index is 5.79. The molecule has 0 aliphatic rings. The summed E-state index contributed by atoms with van der Waals surface area (Å²) in [7, 11) is 4.80. The lowest BCUT2D eigenvalue weighted by atomic mass is 10.0. The van der Waals surface area contributed by atoms with Crippen LogP contribution in [-0.2, 0) is 0 Å². The van der Waals surface area contributed by atoms with Gasteiger partial charge in [-0.25, -0.2) is 0 Å². The van der Waals surface area contributed by atoms with E-state index < -0.39 is 0 Å². The van der Waals surface area contributed by atoms with E-state index in [0.29, 0.717) is 23.8 Å². The topological polar surface area (TPSA) is 65.7 Å². The lowest BCUT2D eigenvalue weighted by Crippen LogP contribution is -2.28. The maximum Gasteiger partial charge on any atom is 0.203 e. The van der Waals surface area contributed by atoms with Crippen molar-refractivity contribution in [2.24, 2.45) is 5.73 Å². The molecule has 0 bridgehead atoms. The van der Waals surface area contributed by atoms with Crippen molar-refractivity contribution in [2.75, 3.05) is 34.4 Å². The summed E-state index contributed by atoms with van der Waals surface area (Å²) in [5.41, 5.74) is 6.76. The van der Waals surface area contributed by atoms with Crippen molar-refractivity contribution in [2.45, 2.75) is 13.0 Å². The summed E-state index contributed by atoms with van der Waals surface area (Å²) >= 11 is 0. The fourth-order valence-electron chi connectivity index (χ4n) is 1.97. The van der Waals surface area contributed by atoms with Gasteiger partial charge in [-0.2, -0.15) is 0 Å². The Balaban J connectivity index is 3.26. The van der Waals surface area contributed by atoms with E-state index in [9.17, 15) is 0 Å². The van der Waals surface area contributed by atoms with Crippen LogP contribution in [0.2, 0.25) is 0 Å². The zero-order valence-electron chi connectivity index (χ0n) is 11.4. The van der Waals surface area contributed by atoms with Crippen molar-refractivity contribution in [1.82, 2.24) is 5.32 Å². The van der Waals surface area contributed by atoms with Gasteiger partial charge in [0.15, 0.2) is 11.5 Å². The lowest BCUT2D eigenvalue weighted by molar-refractivity contribution is 0.319. The molecule has 0 aromatic heterocycles. The van der Waals surface area contributed by atoms with Gasteiger partial charge < -0.3 is 25.3 Å². The van der Waals surface area contributed by atoms with Crippen LogP contribution in [0.5, 0.6) is 17.2 Å². The van der Waals surface area contributed by atoms with Crippen LogP contribution in [0.15, 0.2) is 12.1 Å². The van der Waals surface area contributed by atoms with Crippen LogP contribution < -0.4 is 25.3 Å². The van der Waals surface area contributed by atoms with Gasteiger partial charge in [0.25, 0.3) is 0 Å². The SMILES string of the molecule is CCNC(CN)c1ccc(OC)c(OC)c1OC. The first kappa shape index (κ1) is 14.6. The van der Waals surface area contributed by atoms with Gasteiger partial charge in [-0.1, -0.05) is 6.92 Å². The number of nitrogens with one attached hydrogen (secondary N) is 1. The molecule has 0 radical (unpaired) electrons. The summed E-state index contributed by atoms with van der Waals surface area (Å²) in [6, 6.07) is 3.83. The van der Waals surface area contributed by atoms with Crippen LogP contribution in [0, 0.1) is 0 Å². The molecule has 0 saturated heterocycles. The Morgan fingerprint density at radius 1 is 1.11 bits per heavy atom. The van der Waals surface area contributed by atoms with E-state index in [1.165, 1.54) is 0 Å². The van der Waals surface area contributed by atoms with Gasteiger partial charge in [-0.3, -0.25) is 0 Å². The summed E-state index contributed by atoms with van der Waals surface area (Å²) in [5.74, 6) is 1.90. The molecule has 0 aliphatic heterocycles. The molecule has 1 aromatic carbocycles. The van der Waals surface area contributed by atoms with E-state index >= 15 is 0 Å². The third-order valence-corrected chi connectivity index (χ3v) is 2.80. The third-order valence-electron chi connectivity index (χ3n) is 2.80. The molecule has 0 amide bonds. The maximum absolute atomic E-state index is 5.79. The van der Waals surface area contributed by atoms with Gasteiger partial charge in [-0.15, -0.1) is 0 Å². The smallest absolute Gasteiger partial charge is 0.203 e. The van der Waals surface area contributed by atoms with E-state index in [1.54, 1.807) is 21.3 Å². The second kappa shape index (κ2) is 7.08. The second-order valence-corrected chi connectivity index (χ2v) is 3.77. The molecule has 18 heavy (non-hydrogen) atoms. The highest BCUT2D eigenvalue weighted by Gasteiger charge is 2.20. The first-order chi connectivity index (χ1) is 8.73. The molecule has 1 unspecified atom stereocenters. The van der Waals surface area contributed by atoms with Gasteiger partial charge in [-0.05, 0) is 18.7 Å². The quantitative estimate of drug-likeness (QED) is 0.768. The molecule has 0 heterocycles. The molecule has 1 rings (SSSR count). The average Bonchev–Trinajstić information content (AvgIpc) is 2.42. The van der Waals surface area contributed by atoms with E-state index in [-0.39, 0.29) is 6.04 Å². The van der Waals surface area contributed by atoms with Crippen molar-refractivity contribution >= 4 is 0 Å². The minimum absolute atomic E-state index is 0.0322. The zero-order valence-corrected chi connectivity index (χ0v) is 11.4. The normalized spacial score (nSPS) is 12.1. The summed E-state index contributed by atoms with van der Waals surface area (Å²) in [4.78, 5) is 0. The molecule has 5 nitrogen and oxygen atoms in total. The number of methoxy groups -OCH3 is 3. The molecule has 0 saturated carbocycles. The Kier molecular flexibility index (Phi) is 5.74. The molecular weight excluding hydrogens is 232 g/mol. The molecule has 0 fully saturated rings. The highest BCUT2D eigenvalue weighted by Crippen LogP contribution is 2.41. The van der Waals surface area contributed by atoms with Crippen LogP contribution in [0.25, 0.3) is 0 Å². The number of hydrogen-bond donors (Lipinski definition) is 2. The Morgan fingerprint density at radius 3 is 2.22 bits per heavy atom. The minimum atomic E-state index is 0.0322. The summed E-state index contributed by atoms with van der Waals surface area (Å²) in [5, 5.41) is 3.31. The van der Waals surface area contributed by atoms with Crippen molar-refractivity contribution in [3.8, 4) is 17.2 Å². The van der Waals surface area contributed by atoms with Crippen LogP contribution in [-0.4, -0.2) is 34.4 Å². The zero-order chi connectivity index (χ0) is 13.5. The number of nitrogens with two attached hydrogens (primary N) is 1. The van der Waals surface area contributed by atoms with Gasteiger partial charge in [0.05, 0.1) is 21.3 Å². The van der Waals surface area contributed by atoms with Crippen molar-refractivity contribution in [3.63, 3.8) is 0 Å². The monoisotopic (exact) mass is 254 g/mol. The highest BCUT2D eigenvalue weighted by molar-refractivity contribution is 5.56.